The van der Waals surface area contributed by atoms with E-state index in [-0.39, 0.29) is 31.1 Å². The predicted molar refractivity (Wildman–Crippen MR) is 302 cm³/mol. The normalized spacial score (nSPS) is 13.1. The molecule has 0 saturated heterocycles. The van der Waals surface area contributed by atoms with Crippen molar-refractivity contribution in [3.05, 3.63) is 134 Å². The third-order valence-electron chi connectivity index (χ3n) is 11.3. The molecule has 0 aromatic carbocycles. The Hall–Kier alpha value is -4.45. The largest absolute Gasteiger partial charge is 0.462 e. The van der Waals surface area contributed by atoms with Crippen LogP contribution in [-0.4, -0.2) is 37.2 Å². The molecule has 0 rings (SSSR count). The lowest BCUT2D eigenvalue weighted by Crippen LogP contribution is -2.30. The lowest BCUT2D eigenvalue weighted by Gasteiger charge is -2.18. The van der Waals surface area contributed by atoms with Crippen LogP contribution in [-0.2, 0) is 28.6 Å². The summed E-state index contributed by atoms with van der Waals surface area (Å²) in [6, 6.07) is 0. The summed E-state index contributed by atoms with van der Waals surface area (Å²) in [7, 11) is 0. The summed E-state index contributed by atoms with van der Waals surface area (Å²) >= 11 is 0. The van der Waals surface area contributed by atoms with Gasteiger partial charge in [0.15, 0.2) is 6.10 Å². The van der Waals surface area contributed by atoms with E-state index in [1.165, 1.54) is 38.5 Å². The van der Waals surface area contributed by atoms with Crippen LogP contribution in [0.1, 0.15) is 233 Å². The second-order valence-electron chi connectivity index (χ2n) is 18.1. The van der Waals surface area contributed by atoms with Crippen LogP contribution < -0.4 is 0 Å². The Morgan fingerprint density at radius 3 is 0.971 bits per heavy atom. The molecule has 0 saturated carbocycles. The highest BCUT2D eigenvalue weighted by Crippen LogP contribution is 2.13. The first-order valence-electron chi connectivity index (χ1n) is 28.2. The van der Waals surface area contributed by atoms with Crippen molar-refractivity contribution in [2.45, 2.75) is 239 Å². The second-order valence-corrected chi connectivity index (χ2v) is 18.1. The zero-order chi connectivity index (χ0) is 50.7. The molecule has 0 fully saturated rings. The van der Waals surface area contributed by atoms with Crippen molar-refractivity contribution in [2.75, 3.05) is 13.2 Å². The molecule has 0 N–H and O–H groups in total. The van der Waals surface area contributed by atoms with E-state index in [0.717, 1.165) is 148 Å². The van der Waals surface area contributed by atoms with Gasteiger partial charge in [0, 0.05) is 19.3 Å². The van der Waals surface area contributed by atoms with Crippen molar-refractivity contribution in [3.63, 3.8) is 0 Å². The fraction of sp³-hybridized carbons (Fsp3) is 0.609. The molecule has 1 unspecified atom stereocenters. The molecule has 0 aliphatic rings. The molecule has 0 bridgehead atoms. The lowest BCUT2D eigenvalue weighted by atomic mass is 10.1. The number of rotatable bonds is 49. The highest BCUT2D eigenvalue weighted by Gasteiger charge is 2.19. The maximum atomic E-state index is 12.8. The molecule has 0 spiro atoms. The molecule has 6 heteroatoms. The molecule has 0 radical (unpaired) electrons. The average molecular weight is 968 g/mol. The van der Waals surface area contributed by atoms with Gasteiger partial charge in [-0.05, 0) is 135 Å². The summed E-state index contributed by atoms with van der Waals surface area (Å²) in [5, 5.41) is 0. The van der Waals surface area contributed by atoms with Crippen molar-refractivity contribution in [2.24, 2.45) is 0 Å². The number of hydrogen-bond donors (Lipinski definition) is 0. The maximum Gasteiger partial charge on any atom is 0.306 e. The van der Waals surface area contributed by atoms with E-state index in [9.17, 15) is 14.4 Å². The number of allylic oxidation sites excluding steroid dienone is 22. The summed E-state index contributed by atoms with van der Waals surface area (Å²) in [5.41, 5.74) is 0. The van der Waals surface area contributed by atoms with E-state index in [1.807, 2.05) is 0 Å². The quantitative estimate of drug-likeness (QED) is 0.0262. The van der Waals surface area contributed by atoms with Crippen LogP contribution in [0, 0.1) is 0 Å². The number of esters is 3. The SMILES string of the molecule is CC/C=C\C/C=C\C/C=C\C/C=C\C/C=C\C/C=C\C/C=C\C/C=C\CCCCC(=O)OCC(COC(=O)CCCCCCC/C=C\CCC)OC(=O)CCCCCCC/C=C\C/C=C\CCCCC. The molecule has 6 nitrogen and oxygen atoms in total. The minimum atomic E-state index is -0.811. The van der Waals surface area contributed by atoms with Gasteiger partial charge in [0.25, 0.3) is 0 Å². The Morgan fingerprint density at radius 2 is 0.586 bits per heavy atom. The lowest BCUT2D eigenvalue weighted by molar-refractivity contribution is -0.167. The zero-order valence-corrected chi connectivity index (χ0v) is 45.0. The van der Waals surface area contributed by atoms with Gasteiger partial charge >= 0.3 is 17.9 Å². The Balaban J connectivity index is 4.41. The topological polar surface area (TPSA) is 78.9 Å². The molecule has 0 heterocycles. The number of carbonyl (C=O) groups excluding carboxylic acids is 3. The number of unbranched alkanes of at least 4 members (excludes halogenated alkanes) is 16. The highest BCUT2D eigenvalue weighted by molar-refractivity contribution is 5.71. The summed E-state index contributed by atoms with van der Waals surface area (Å²) in [5.74, 6) is -0.983. The fourth-order valence-electron chi connectivity index (χ4n) is 7.14. The average Bonchev–Trinajstić information content (AvgIpc) is 3.36. The maximum absolute atomic E-state index is 12.8. The number of ether oxygens (including phenoxy) is 3. The van der Waals surface area contributed by atoms with E-state index in [2.05, 4.69) is 154 Å². The first-order chi connectivity index (χ1) is 34.5. The van der Waals surface area contributed by atoms with E-state index in [1.54, 1.807) is 0 Å². The Kier molecular flexibility index (Phi) is 53.5. The van der Waals surface area contributed by atoms with Crippen LogP contribution in [0.15, 0.2) is 134 Å². The molecule has 1 atom stereocenters. The minimum absolute atomic E-state index is 0.106. The summed E-state index contributed by atoms with van der Waals surface area (Å²) < 4.78 is 16.7. The van der Waals surface area contributed by atoms with E-state index in [4.69, 9.17) is 14.2 Å². The monoisotopic (exact) mass is 967 g/mol. The molecule has 0 aliphatic heterocycles. The van der Waals surface area contributed by atoms with Crippen LogP contribution in [0.4, 0.5) is 0 Å². The summed E-state index contributed by atoms with van der Waals surface area (Å²) in [6.45, 7) is 6.36. The van der Waals surface area contributed by atoms with E-state index in [0.29, 0.717) is 25.7 Å². The Labute approximate surface area is 430 Å². The molecule has 0 aromatic rings. The second kappa shape index (κ2) is 57.1. The van der Waals surface area contributed by atoms with Gasteiger partial charge in [-0.3, -0.25) is 14.4 Å². The zero-order valence-electron chi connectivity index (χ0n) is 45.0. The molecular weight excluding hydrogens is 865 g/mol. The Bertz CT molecular complexity index is 1530. The molecule has 0 amide bonds. The molecule has 394 valence electrons. The molecule has 70 heavy (non-hydrogen) atoms. The first kappa shape index (κ1) is 65.5. The minimum Gasteiger partial charge on any atom is -0.462 e. The highest BCUT2D eigenvalue weighted by atomic mass is 16.6. The van der Waals surface area contributed by atoms with Gasteiger partial charge < -0.3 is 14.2 Å². The summed E-state index contributed by atoms with van der Waals surface area (Å²) in [4.78, 5) is 38.0. The number of hydrogen-bond acceptors (Lipinski definition) is 6. The predicted octanol–water partition coefficient (Wildman–Crippen LogP) is 19.0. The van der Waals surface area contributed by atoms with Crippen molar-refractivity contribution in [1.29, 1.82) is 0 Å². The smallest absolute Gasteiger partial charge is 0.306 e. The van der Waals surface area contributed by atoms with Crippen LogP contribution >= 0.6 is 0 Å². The van der Waals surface area contributed by atoms with E-state index >= 15 is 0 Å². The van der Waals surface area contributed by atoms with Crippen LogP contribution in [0.5, 0.6) is 0 Å². The van der Waals surface area contributed by atoms with E-state index < -0.39 is 6.10 Å². The third kappa shape index (κ3) is 54.5. The van der Waals surface area contributed by atoms with Crippen molar-refractivity contribution in [3.8, 4) is 0 Å². The van der Waals surface area contributed by atoms with Gasteiger partial charge in [-0.25, -0.2) is 0 Å². The van der Waals surface area contributed by atoms with Crippen LogP contribution in [0.2, 0.25) is 0 Å². The third-order valence-corrected chi connectivity index (χ3v) is 11.3. The van der Waals surface area contributed by atoms with Gasteiger partial charge in [-0.1, -0.05) is 212 Å². The summed E-state index contributed by atoms with van der Waals surface area (Å²) in [6.07, 6.45) is 80.2. The van der Waals surface area contributed by atoms with Crippen molar-refractivity contribution >= 4 is 17.9 Å². The van der Waals surface area contributed by atoms with Crippen molar-refractivity contribution in [1.82, 2.24) is 0 Å². The molecular formula is C64H102O6. The van der Waals surface area contributed by atoms with Crippen molar-refractivity contribution < 1.29 is 28.6 Å². The Morgan fingerprint density at radius 1 is 0.300 bits per heavy atom. The number of carbonyl (C=O) groups is 3. The molecule has 0 aliphatic carbocycles. The molecule has 0 aromatic heterocycles. The van der Waals surface area contributed by atoms with Crippen LogP contribution in [0.25, 0.3) is 0 Å². The van der Waals surface area contributed by atoms with Gasteiger partial charge in [-0.15, -0.1) is 0 Å². The fourth-order valence-corrected chi connectivity index (χ4v) is 7.14. The standard InChI is InChI=1S/C64H102O6/c1-4-7-10-13-16-19-22-24-26-27-28-29-30-31-32-33-34-35-36-37-39-40-42-45-48-51-54-57-63(66)69-60-61(59-68-62(65)56-53-50-47-44-21-18-15-12-9-6-3)70-64(67)58-55-52-49-46-43-41-38-25-23-20-17-14-11-8-5-2/h7,10,12,15-17,19-20,24-26,28-29,31-32,34-35,37-39,42,45,61H,4-6,8-9,11,13-14,18,21-23,27,30,33,36,40-41,43-44,46-60H2,1-3H3/b10-7-,15-12-,19-16-,20-17-,26-24-,29-28-,32-31-,35-34-,38-25-,39-37-,45-42-. The van der Waals surface area contributed by atoms with Crippen LogP contribution in [0.3, 0.4) is 0 Å². The van der Waals surface area contributed by atoms with Gasteiger partial charge in [0.2, 0.25) is 0 Å². The van der Waals surface area contributed by atoms with Gasteiger partial charge in [-0.2, -0.15) is 0 Å². The van der Waals surface area contributed by atoms with Gasteiger partial charge in [0.1, 0.15) is 13.2 Å². The van der Waals surface area contributed by atoms with Gasteiger partial charge in [0.05, 0.1) is 0 Å². The first-order valence-corrected chi connectivity index (χ1v) is 28.2.